The second-order valence-electron chi connectivity index (χ2n) is 8.37. The van der Waals surface area contributed by atoms with Crippen LogP contribution in [-0.2, 0) is 16.1 Å². The van der Waals surface area contributed by atoms with Gasteiger partial charge in [-0.3, -0.25) is 0 Å². The summed E-state index contributed by atoms with van der Waals surface area (Å²) in [6.45, 7) is 2.20. The Morgan fingerprint density at radius 3 is 2.54 bits per heavy atom. The minimum atomic E-state index is -0.443. The van der Waals surface area contributed by atoms with Gasteiger partial charge in [-0.05, 0) is 49.4 Å². The molecular formula is C28H28FN3O5. The molecule has 3 aromatic carbocycles. The molecule has 192 valence electrons. The number of nitrogens with one attached hydrogen (secondary N) is 1. The summed E-state index contributed by atoms with van der Waals surface area (Å²) in [7, 11) is 1.59. The lowest BCUT2D eigenvalue weighted by Crippen LogP contribution is -2.40. The predicted molar refractivity (Wildman–Crippen MR) is 137 cm³/mol. The maximum atomic E-state index is 14.4. The van der Waals surface area contributed by atoms with E-state index in [4.69, 9.17) is 14.3 Å². The summed E-state index contributed by atoms with van der Waals surface area (Å²) in [5.74, 6) is -0.166. The van der Waals surface area contributed by atoms with Crippen LogP contribution < -0.4 is 10.1 Å². The van der Waals surface area contributed by atoms with Crippen LogP contribution in [0.3, 0.4) is 0 Å². The van der Waals surface area contributed by atoms with Gasteiger partial charge in [-0.1, -0.05) is 35.5 Å². The molecule has 0 spiro atoms. The zero-order valence-electron chi connectivity index (χ0n) is 20.6. The van der Waals surface area contributed by atoms with Crippen LogP contribution in [0.25, 0.3) is 0 Å². The first-order valence-corrected chi connectivity index (χ1v) is 11.9. The Morgan fingerprint density at radius 2 is 1.81 bits per heavy atom. The molecular weight excluding hydrogens is 477 g/mol. The van der Waals surface area contributed by atoms with Gasteiger partial charge < -0.3 is 24.5 Å². The van der Waals surface area contributed by atoms with Crippen molar-refractivity contribution in [2.75, 3.05) is 25.6 Å². The quantitative estimate of drug-likeness (QED) is 0.402. The third-order valence-electron chi connectivity index (χ3n) is 5.83. The van der Waals surface area contributed by atoms with Crippen LogP contribution in [0, 0.1) is 5.82 Å². The molecule has 37 heavy (non-hydrogen) atoms. The summed E-state index contributed by atoms with van der Waals surface area (Å²) in [4.78, 5) is 32.3. The van der Waals surface area contributed by atoms with Crippen molar-refractivity contribution in [1.29, 1.82) is 0 Å². The fraction of sp³-hybridized carbons (Fsp3) is 0.250. The Kier molecular flexibility index (Phi) is 8.35. The molecule has 3 aromatic rings. The fourth-order valence-corrected chi connectivity index (χ4v) is 3.97. The van der Waals surface area contributed by atoms with Crippen LogP contribution in [-0.4, -0.2) is 49.0 Å². The molecule has 0 fully saturated rings. The zero-order valence-corrected chi connectivity index (χ0v) is 20.6. The van der Waals surface area contributed by atoms with Gasteiger partial charge >= 0.3 is 12.0 Å². The first-order valence-electron chi connectivity index (χ1n) is 11.9. The van der Waals surface area contributed by atoms with E-state index in [0.717, 1.165) is 5.56 Å². The number of urea groups is 1. The van der Waals surface area contributed by atoms with E-state index in [1.54, 1.807) is 56.5 Å². The van der Waals surface area contributed by atoms with Crippen molar-refractivity contribution in [2.45, 2.75) is 26.0 Å². The molecule has 1 N–H and O–H groups in total. The van der Waals surface area contributed by atoms with Crippen LogP contribution in [0.2, 0.25) is 0 Å². The van der Waals surface area contributed by atoms with Gasteiger partial charge in [0.05, 0.1) is 38.1 Å². The third-order valence-corrected chi connectivity index (χ3v) is 5.83. The fourth-order valence-electron chi connectivity index (χ4n) is 3.97. The number of hydrogen-bond donors (Lipinski definition) is 1. The van der Waals surface area contributed by atoms with Crippen molar-refractivity contribution < 1.29 is 28.3 Å². The second-order valence-corrected chi connectivity index (χ2v) is 8.37. The van der Waals surface area contributed by atoms with Crippen LogP contribution in [0.1, 0.15) is 34.8 Å². The van der Waals surface area contributed by atoms with Gasteiger partial charge in [0.15, 0.2) is 6.10 Å². The number of carbonyl (C=O) groups is 2. The Morgan fingerprint density at radius 1 is 1.08 bits per heavy atom. The molecule has 8 nitrogen and oxygen atoms in total. The van der Waals surface area contributed by atoms with Gasteiger partial charge in [-0.15, -0.1) is 0 Å². The topological polar surface area (TPSA) is 89.5 Å². The van der Waals surface area contributed by atoms with Gasteiger partial charge in [-0.2, -0.15) is 0 Å². The Labute approximate surface area is 214 Å². The number of ether oxygens (including phenoxy) is 2. The van der Waals surface area contributed by atoms with Gasteiger partial charge in [-0.25, -0.2) is 14.0 Å². The largest absolute Gasteiger partial charge is 0.496 e. The van der Waals surface area contributed by atoms with E-state index in [2.05, 4.69) is 10.5 Å². The number of benzene rings is 3. The number of nitrogens with zero attached hydrogens (tertiary/aromatic N) is 2. The first-order chi connectivity index (χ1) is 18.0. The van der Waals surface area contributed by atoms with E-state index in [0.29, 0.717) is 34.7 Å². The molecule has 1 aliphatic heterocycles. The van der Waals surface area contributed by atoms with Crippen molar-refractivity contribution in [3.05, 3.63) is 95.3 Å². The molecule has 1 heterocycles. The smallest absolute Gasteiger partial charge is 0.338 e. The van der Waals surface area contributed by atoms with Crippen molar-refractivity contribution in [3.63, 3.8) is 0 Å². The van der Waals surface area contributed by atoms with Gasteiger partial charge in [0.25, 0.3) is 0 Å². The average Bonchev–Trinajstić information content (AvgIpc) is 3.38. The number of amides is 2. The van der Waals surface area contributed by atoms with Crippen LogP contribution in [0.15, 0.2) is 78.0 Å². The van der Waals surface area contributed by atoms with Crippen LogP contribution in [0.4, 0.5) is 14.9 Å². The highest BCUT2D eigenvalue weighted by Gasteiger charge is 2.28. The predicted octanol–water partition coefficient (Wildman–Crippen LogP) is 5.24. The van der Waals surface area contributed by atoms with Gasteiger partial charge in [0.1, 0.15) is 11.6 Å². The minimum absolute atomic E-state index is 0.0310. The van der Waals surface area contributed by atoms with Crippen LogP contribution in [0.5, 0.6) is 5.75 Å². The number of hydrogen-bond acceptors (Lipinski definition) is 6. The van der Waals surface area contributed by atoms with E-state index in [1.807, 2.05) is 24.3 Å². The molecule has 1 atom stereocenters. The lowest BCUT2D eigenvalue weighted by atomic mass is 10.0. The average molecular weight is 506 g/mol. The number of rotatable bonds is 9. The van der Waals surface area contributed by atoms with Crippen LogP contribution >= 0.6 is 0 Å². The normalized spacial score (nSPS) is 14.4. The third kappa shape index (κ3) is 6.43. The molecule has 0 saturated carbocycles. The Hall–Kier alpha value is -4.40. The van der Waals surface area contributed by atoms with E-state index >= 15 is 0 Å². The monoisotopic (exact) mass is 505 g/mol. The molecule has 9 heteroatoms. The van der Waals surface area contributed by atoms with Crippen molar-refractivity contribution in [1.82, 2.24) is 4.90 Å². The number of carbonyl (C=O) groups excluding carboxylic acids is 2. The molecule has 0 bridgehead atoms. The lowest BCUT2D eigenvalue weighted by Gasteiger charge is -2.25. The number of esters is 1. The van der Waals surface area contributed by atoms with E-state index in [-0.39, 0.29) is 19.7 Å². The second kappa shape index (κ2) is 12.0. The summed E-state index contributed by atoms with van der Waals surface area (Å²) < 4.78 is 24.9. The SMILES string of the molecule is CCOC(=O)c1ccc(NC(=O)N(Cc2ccccc2F)C[C@H]2CC(c3ccccc3OC)=NO2)cc1. The lowest BCUT2D eigenvalue weighted by molar-refractivity contribution is 0.0526. The number of halogens is 1. The van der Waals surface area contributed by atoms with Gasteiger partial charge in [0, 0.05) is 23.2 Å². The summed E-state index contributed by atoms with van der Waals surface area (Å²) >= 11 is 0. The molecule has 0 saturated heterocycles. The standard InChI is InChI=1S/C28H28FN3O5/c1-3-36-27(33)19-12-14-21(15-13-19)30-28(34)32(17-20-8-4-6-10-24(20)29)18-22-16-25(31-37-22)23-9-5-7-11-26(23)35-2/h4-15,22H,3,16-18H2,1-2H3,(H,30,34)/t22-/m1/s1. The highest BCUT2D eigenvalue weighted by molar-refractivity contribution is 6.03. The Balaban J connectivity index is 1.47. The van der Waals surface area contributed by atoms with Crippen molar-refractivity contribution in [2.24, 2.45) is 5.16 Å². The summed E-state index contributed by atoms with van der Waals surface area (Å²) in [5, 5.41) is 7.03. The molecule has 0 unspecified atom stereocenters. The van der Waals surface area contributed by atoms with Gasteiger partial charge in [0.2, 0.25) is 0 Å². The molecule has 1 aliphatic rings. The minimum Gasteiger partial charge on any atom is -0.496 e. The molecule has 0 aromatic heterocycles. The molecule has 4 rings (SSSR count). The maximum absolute atomic E-state index is 14.4. The highest BCUT2D eigenvalue weighted by Crippen LogP contribution is 2.25. The summed E-state index contributed by atoms with van der Waals surface area (Å²) in [6.07, 6.45) is 0.0268. The number of oxime groups is 1. The van der Waals surface area contributed by atoms with Crippen molar-refractivity contribution >= 4 is 23.4 Å². The molecule has 0 radical (unpaired) electrons. The summed E-state index contributed by atoms with van der Waals surface area (Å²) in [5.41, 5.74) is 2.76. The van der Waals surface area contributed by atoms with E-state index < -0.39 is 23.9 Å². The molecule has 0 aliphatic carbocycles. The Bertz CT molecular complexity index is 1280. The number of anilines is 1. The first kappa shape index (κ1) is 25.7. The zero-order chi connectivity index (χ0) is 26.2. The maximum Gasteiger partial charge on any atom is 0.338 e. The highest BCUT2D eigenvalue weighted by atomic mass is 19.1. The van der Waals surface area contributed by atoms with Crippen molar-refractivity contribution in [3.8, 4) is 5.75 Å². The van der Waals surface area contributed by atoms with E-state index in [9.17, 15) is 14.0 Å². The summed E-state index contributed by atoms with van der Waals surface area (Å²) in [6, 6.07) is 19.7. The number of para-hydroxylation sites is 1. The number of methoxy groups -OCH3 is 1. The molecule has 2 amide bonds. The van der Waals surface area contributed by atoms with E-state index in [1.165, 1.54) is 11.0 Å².